The summed E-state index contributed by atoms with van der Waals surface area (Å²) in [5, 5.41) is 2.87. The van der Waals surface area contributed by atoms with Gasteiger partial charge in [0, 0.05) is 17.7 Å². The van der Waals surface area contributed by atoms with E-state index in [0.717, 1.165) is 0 Å². The molecule has 3 rings (SSSR count). The lowest BCUT2D eigenvalue weighted by Gasteiger charge is -2.13. The van der Waals surface area contributed by atoms with Crippen LogP contribution in [0.5, 0.6) is 0 Å². The van der Waals surface area contributed by atoms with E-state index in [0.29, 0.717) is 29.3 Å². The van der Waals surface area contributed by atoms with E-state index in [2.05, 4.69) is 25.0 Å². The number of amides is 1. The molecule has 5 nitrogen and oxygen atoms in total. The maximum atomic E-state index is 13.6. The van der Waals surface area contributed by atoms with Crippen molar-refractivity contribution in [3.63, 3.8) is 0 Å². The number of carbonyl (C=O) groups excluding carboxylic acids is 1. The van der Waals surface area contributed by atoms with Crippen molar-refractivity contribution < 1.29 is 18.0 Å². The van der Waals surface area contributed by atoms with Crippen molar-refractivity contribution in [1.82, 2.24) is 15.0 Å². The van der Waals surface area contributed by atoms with Crippen LogP contribution >= 0.6 is 21.0 Å². The molecule has 1 aromatic heterocycles. The second-order valence-corrected chi connectivity index (χ2v) is 7.82. The van der Waals surface area contributed by atoms with Crippen molar-refractivity contribution in [2.75, 3.05) is 12.6 Å². The first-order chi connectivity index (χ1) is 13.3. The molecule has 2 heterocycles. The van der Waals surface area contributed by atoms with Gasteiger partial charge < -0.3 is 10.7 Å². The fourth-order valence-electron chi connectivity index (χ4n) is 2.48. The summed E-state index contributed by atoms with van der Waals surface area (Å²) >= 11 is 1.26. The van der Waals surface area contributed by atoms with Gasteiger partial charge in [0.05, 0.1) is 18.6 Å². The highest BCUT2D eigenvalue weighted by Crippen LogP contribution is 2.37. The SMILES string of the molecule is CC(C)NC(=O)/C=C/c1c(-c2ccc(F)cc2)nc2n1NC(C(F)P)S2.CF. The van der Waals surface area contributed by atoms with Crippen molar-refractivity contribution in [2.24, 2.45) is 0 Å². The maximum absolute atomic E-state index is 13.6. The maximum Gasteiger partial charge on any atom is 0.244 e. The highest BCUT2D eigenvalue weighted by molar-refractivity contribution is 8.00. The van der Waals surface area contributed by atoms with Crippen LogP contribution in [0.2, 0.25) is 0 Å². The highest BCUT2D eigenvalue weighted by atomic mass is 32.2. The zero-order valence-electron chi connectivity index (χ0n) is 15.6. The molecule has 0 saturated carbocycles. The molecule has 2 aromatic rings. The number of hydrogen-bond acceptors (Lipinski definition) is 4. The number of aromatic nitrogens is 2. The van der Waals surface area contributed by atoms with Gasteiger partial charge in [-0.05, 0) is 44.2 Å². The molecule has 3 unspecified atom stereocenters. The van der Waals surface area contributed by atoms with E-state index >= 15 is 0 Å². The second kappa shape index (κ2) is 9.98. The number of nitrogens with zero attached hydrogens (tertiary/aromatic N) is 2. The van der Waals surface area contributed by atoms with E-state index in [9.17, 15) is 18.0 Å². The fraction of sp³-hybridized carbons (Fsp3) is 0.333. The highest BCUT2D eigenvalue weighted by Gasteiger charge is 2.31. The second-order valence-electron chi connectivity index (χ2n) is 6.08. The number of imidazole rings is 1. The Hall–Kier alpha value is -1.99. The molecule has 0 spiro atoms. The Bertz CT molecular complexity index is 840. The lowest BCUT2D eigenvalue weighted by Crippen LogP contribution is -2.28. The average molecular weight is 430 g/mol. The third kappa shape index (κ3) is 5.29. The fourth-order valence-corrected chi connectivity index (χ4v) is 3.72. The van der Waals surface area contributed by atoms with Crippen LogP contribution in [0.1, 0.15) is 19.5 Å². The van der Waals surface area contributed by atoms with Crippen LogP contribution in [0.25, 0.3) is 17.3 Å². The number of halogens is 3. The summed E-state index contributed by atoms with van der Waals surface area (Å²) in [4.78, 5) is 16.5. The molecule has 0 saturated heterocycles. The standard InChI is InChI=1S/C17H19F2N4OPS.CH3F/c1-9(2)20-13(24)8-7-12-14(10-3-5-11(18)6-4-10)21-17-23(12)22-16(26-17)15(19)25;1-2/h3-9,15-16,22H,25H2,1-2H3,(H,20,24);1H3/b8-7+;. The Balaban J connectivity index is 0.00000136. The molecule has 28 heavy (non-hydrogen) atoms. The van der Waals surface area contributed by atoms with Crippen molar-refractivity contribution in [2.45, 2.75) is 36.3 Å². The summed E-state index contributed by atoms with van der Waals surface area (Å²) in [5.41, 5.74) is 4.93. The van der Waals surface area contributed by atoms with Gasteiger partial charge in [-0.2, -0.15) is 0 Å². The van der Waals surface area contributed by atoms with Gasteiger partial charge in [-0.3, -0.25) is 9.18 Å². The van der Waals surface area contributed by atoms with E-state index in [1.807, 2.05) is 13.8 Å². The van der Waals surface area contributed by atoms with Crippen molar-refractivity contribution in [1.29, 1.82) is 0 Å². The lowest BCUT2D eigenvalue weighted by atomic mass is 10.1. The Morgan fingerprint density at radius 2 is 2.00 bits per heavy atom. The molecule has 1 aromatic carbocycles. The third-order valence-corrected chi connectivity index (χ3v) is 5.37. The van der Waals surface area contributed by atoms with Crippen LogP contribution in [0.15, 0.2) is 35.5 Å². The molecule has 1 amide bonds. The molecule has 10 heteroatoms. The summed E-state index contributed by atoms with van der Waals surface area (Å²) in [7, 11) is 2.62. The minimum absolute atomic E-state index is 0.0161. The summed E-state index contributed by atoms with van der Waals surface area (Å²) in [6.07, 6.45) is 3.03. The predicted molar refractivity (Wildman–Crippen MR) is 111 cm³/mol. The van der Waals surface area contributed by atoms with Crippen molar-refractivity contribution >= 4 is 33.0 Å². The molecule has 1 aliphatic rings. The number of alkyl halides is 2. The van der Waals surface area contributed by atoms with Crippen LogP contribution < -0.4 is 10.7 Å². The number of hydrogen-bond donors (Lipinski definition) is 2. The monoisotopic (exact) mass is 430 g/mol. The normalized spacial score (nSPS) is 16.4. The Morgan fingerprint density at radius 1 is 1.36 bits per heavy atom. The van der Waals surface area contributed by atoms with Gasteiger partial charge in [-0.25, -0.2) is 18.4 Å². The minimum Gasteiger partial charge on any atom is -0.350 e. The smallest absolute Gasteiger partial charge is 0.244 e. The number of fused-ring (bicyclic) bond motifs is 1. The molecule has 1 aliphatic heterocycles. The van der Waals surface area contributed by atoms with E-state index in [1.165, 1.54) is 30.0 Å². The first-order valence-electron chi connectivity index (χ1n) is 8.43. The summed E-state index contributed by atoms with van der Waals surface area (Å²) < 4.78 is 38.0. The molecular formula is C18H22F3N4OPS. The van der Waals surface area contributed by atoms with Crippen molar-refractivity contribution in [3.05, 3.63) is 41.9 Å². The van der Waals surface area contributed by atoms with E-state index < -0.39 is 11.3 Å². The quantitative estimate of drug-likeness (QED) is 0.557. The number of benzene rings is 1. The van der Waals surface area contributed by atoms with Gasteiger partial charge in [-0.15, -0.1) is 0 Å². The molecule has 2 N–H and O–H groups in total. The van der Waals surface area contributed by atoms with Crippen LogP contribution in [-0.4, -0.2) is 40.1 Å². The Kier molecular flexibility index (Phi) is 7.95. The van der Waals surface area contributed by atoms with Crippen molar-refractivity contribution in [3.8, 4) is 11.3 Å². The number of rotatable bonds is 5. The summed E-state index contributed by atoms with van der Waals surface area (Å²) in [6, 6.07) is 5.95. The Labute approximate surface area is 168 Å². The zero-order valence-corrected chi connectivity index (χ0v) is 17.6. The zero-order chi connectivity index (χ0) is 20.8. The first-order valence-corrected chi connectivity index (χ1v) is 9.97. The molecule has 3 atom stereocenters. The van der Waals surface area contributed by atoms with Crippen LogP contribution in [0, 0.1) is 5.82 Å². The van der Waals surface area contributed by atoms with Crippen LogP contribution in [0.4, 0.5) is 13.2 Å². The molecule has 0 bridgehead atoms. The van der Waals surface area contributed by atoms with Gasteiger partial charge in [-0.1, -0.05) is 21.0 Å². The van der Waals surface area contributed by atoms with E-state index in [4.69, 9.17) is 0 Å². The number of thioether (sulfide) groups is 1. The molecule has 0 aliphatic carbocycles. The summed E-state index contributed by atoms with van der Waals surface area (Å²) in [6.45, 7) is 3.74. The third-order valence-electron chi connectivity index (χ3n) is 3.60. The molecular weight excluding hydrogens is 408 g/mol. The lowest BCUT2D eigenvalue weighted by molar-refractivity contribution is -0.116. The van der Waals surface area contributed by atoms with Gasteiger partial charge in [0.2, 0.25) is 5.91 Å². The summed E-state index contributed by atoms with van der Waals surface area (Å²) in [5.74, 6) is -1.74. The van der Waals surface area contributed by atoms with Gasteiger partial charge in [0.15, 0.2) is 5.16 Å². The molecule has 0 fully saturated rings. The average Bonchev–Trinajstić information content (AvgIpc) is 3.20. The first kappa shape index (κ1) is 22.3. The van der Waals surface area contributed by atoms with Gasteiger partial charge >= 0.3 is 0 Å². The minimum atomic E-state index is -1.16. The van der Waals surface area contributed by atoms with Gasteiger partial charge in [0.1, 0.15) is 17.1 Å². The topological polar surface area (TPSA) is 59.0 Å². The van der Waals surface area contributed by atoms with E-state index in [-0.39, 0.29) is 17.8 Å². The Morgan fingerprint density at radius 3 is 2.57 bits per heavy atom. The van der Waals surface area contributed by atoms with Crippen LogP contribution in [-0.2, 0) is 4.79 Å². The molecule has 152 valence electrons. The molecule has 0 radical (unpaired) electrons. The van der Waals surface area contributed by atoms with E-state index in [1.54, 1.807) is 22.9 Å². The van der Waals surface area contributed by atoms with Gasteiger partial charge in [0.25, 0.3) is 0 Å². The number of carbonyl (C=O) groups is 1. The largest absolute Gasteiger partial charge is 0.350 e. The van der Waals surface area contributed by atoms with Crippen LogP contribution in [0.3, 0.4) is 0 Å². The number of nitrogens with one attached hydrogen (secondary N) is 2. The predicted octanol–water partition coefficient (Wildman–Crippen LogP) is 3.96.